The zero-order valence-corrected chi connectivity index (χ0v) is 9.13. The van der Waals surface area contributed by atoms with E-state index in [9.17, 15) is 0 Å². The molecule has 0 aliphatic rings. The van der Waals surface area contributed by atoms with Crippen LogP contribution >= 0.6 is 23.2 Å². The molecule has 80 valence electrons. The van der Waals surface area contributed by atoms with Crippen molar-refractivity contribution in [2.24, 2.45) is 21.7 Å². The second-order valence-electron chi connectivity index (χ2n) is 2.67. The lowest BCUT2D eigenvalue weighted by atomic mass is 10.2. The van der Waals surface area contributed by atoms with Gasteiger partial charge in [-0.2, -0.15) is 5.10 Å². The highest BCUT2D eigenvalue weighted by molar-refractivity contribution is 6.39. The molecule has 0 radical (unpaired) electrons. The molecule has 1 rings (SSSR count). The van der Waals surface area contributed by atoms with E-state index < -0.39 is 0 Å². The van der Waals surface area contributed by atoms with Crippen LogP contribution in [0.3, 0.4) is 0 Å². The van der Waals surface area contributed by atoms with Crippen LogP contribution in [0, 0.1) is 0 Å². The Labute approximate surface area is 96.5 Å². The van der Waals surface area contributed by atoms with Crippen molar-refractivity contribution < 1.29 is 0 Å². The number of nitrogens with zero attached hydrogens (tertiary/aromatic N) is 2. The van der Waals surface area contributed by atoms with Gasteiger partial charge in [0.05, 0.1) is 16.3 Å². The van der Waals surface area contributed by atoms with Crippen molar-refractivity contribution in [3.05, 3.63) is 27.7 Å². The molecule has 0 heterocycles. The number of guanidine groups is 1. The first kappa shape index (κ1) is 11.6. The van der Waals surface area contributed by atoms with Crippen molar-refractivity contribution in [2.75, 3.05) is 5.73 Å². The van der Waals surface area contributed by atoms with Gasteiger partial charge in [0, 0.05) is 11.3 Å². The van der Waals surface area contributed by atoms with E-state index in [1.54, 1.807) is 12.1 Å². The lowest BCUT2D eigenvalue weighted by molar-refractivity contribution is 1.21. The molecule has 0 saturated heterocycles. The molecule has 0 bridgehead atoms. The summed E-state index contributed by atoms with van der Waals surface area (Å²) in [5.41, 5.74) is 16.7. The van der Waals surface area contributed by atoms with Gasteiger partial charge in [0.15, 0.2) is 0 Å². The van der Waals surface area contributed by atoms with Gasteiger partial charge in [-0.3, -0.25) is 0 Å². The average Bonchev–Trinajstić information content (AvgIpc) is 2.08. The molecule has 6 N–H and O–H groups in total. The number of nitrogens with two attached hydrogens (primary N) is 3. The molecule has 0 aromatic heterocycles. The predicted molar refractivity (Wildman–Crippen MR) is 64.3 cm³/mol. The van der Waals surface area contributed by atoms with Crippen molar-refractivity contribution in [3.63, 3.8) is 0 Å². The third kappa shape index (κ3) is 3.30. The first-order chi connectivity index (χ1) is 7.00. The Hall–Kier alpha value is -1.46. The second kappa shape index (κ2) is 4.86. The fourth-order valence-corrected chi connectivity index (χ4v) is 1.48. The number of nitrogen functional groups attached to an aromatic ring is 1. The maximum Gasteiger partial charge on any atom is 0.211 e. The van der Waals surface area contributed by atoms with Gasteiger partial charge >= 0.3 is 0 Å². The van der Waals surface area contributed by atoms with Gasteiger partial charge in [0.2, 0.25) is 5.96 Å². The minimum atomic E-state index is -0.145. The Morgan fingerprint density at radius 3 is 2.20 bits per heavy atom. The Morgan fingerprint density at radius 2 is 1.73 bits per heavy atom. The van der Waals surface area contributed by atoms with Crippen LogP contribution in [0.1, 0.15) is 5.56 Å². The van der Waals surface area contributed by atoms with Gasteiger partial charge < -0.3 is 17.2 Å². The van der Waals surface area contributed by atoms with E-state index in [1.807, 2.05) is 0 Å². The molecule has 0 aliphatic carbocycles. The number of rotatable bonds is 2. The molecule has 0 fully saturated rings. The lowest BCUT2D eigenvalue weighted by Gasteiger charge is -2.01. The largest absolute Gasteiger partial charge is 0.399 e. The number of hydrogen-bond acceptors (Lipinski definition) is 3. The van der Waals surface area contributed by atoms with Gasteiger partial charge in [-0.15, -0.1) is 5.10 Å². The van der Waals surface area contributed by atoms with E-state index in [0.717, 1.165) is 0 Å². The molecule has 0 unspecified atom stereocenters. The summed E-state index contributed by atoms with van der Waals surface area (Å²) < 4.78 is 0. The quantitative estimate of drug-likeness (QED) is 0.316. The van der Waals surface area contributed by atoms with Crippen LogP contribution in [0.15, 0.2) is 22.3 Å². The molecule has 0 atom stereocenters. The highest BCUT2D eigenvalue weighted by atomic mass is 35.5. The summed E-state index contributed by atoms with van der Waals surface area (Å²) in [6.45, 7) is 0. The van der Waals surface area contributed by atoms with E-state index in [2.05, 4.69) is 10.2 Å². The van der Waals surface area contributed by atoms with Gasteiger partial charge in [0.1, 0.15) is 0 Å². The van der Waals surface area contributed by atoms with Crippen LogP contribution in [-0.4, -0.2) is 12.2 Å². The number of anilines is 1. The van der Waals surface area contributed by atoms with E-state index >= 15 is 0 Å². The molecule has 0 spiro atoms. The van der Waals surface area contributed by atoms with Crippen LogP contribution in [0.25, 0.3) is 0 Å². The fraction of sp³-hybridized carbons (Fsp3) is 0. The summed E-state index contributed by atoms with van der Waals surface area (Å²) >= 11 is 11.8. The normalized spacial score (nSPS) is 10.5. The van der Waals surface area contributed by atoms with E-state index in [4.69, 9.17) is 40.4 Å². The van der Waals surface area contributed by atoms with Crippen molar-refractivity contribution in [2.45, 2.75) is 0 Å². The zero-order valence-electron chi connectivity index (χ0n) is 7.61. The number of benzene rings is 1. The fourth-order valence-electron chi connectivity index (χ4n) is 0.881. The predicted octanol–water partition coefficient (Wildman–Crippen LogP) is 1.18. The first-order valence-electron chi connectivity index (χ1n) is 3.87. The highest BCUT2D eigenvalue weighted by Crippen LogP contribution is 2.26. The van der Waals surface area contributed by atoms with Crippen LogP contribution in [0.2, 0.25) is 10.0 Å². The van der Waals surface area contributed by atoms with E-state index in [1.165, 1.54) is 6.21 Å². The van der Waals surface area contributed by atoms with E-state index in [0.29, 0.717) is 21.3 Å². The van der Waals surface area contributed by atoms with Crippen LogP contribution in [0.4, 0.5) is 5.69 Å². The Morgan fingerprint density at radius 1 is 1.20 bits per heavy atom. The molecule has 7 heteroatoms. The summed E-state index contributed by atoms with van der Waals surface area (Å²) in [6, 6.07) is 3.12. The minimum Gasteiger partial charge on any atom is -0.399 e. The number of halogens is 2. The second-order valence-corrected chi connectivity index (χ2v) is 3.48. The Balaban J connectivity index is 3.05. The topological polar surface area (TPSA) is 103 Å². The maximum absolute atomic E-state index is 5.88. The van der Waals surface area contributed by atoms with Gasteiger partial charge in [-0.1, -0.05) is 23.2 Å². The molecular formula is C8H9Cl2N5. The smallest absolute Gasteiger partial charge is 0.211 e. The number of hydrogen-bond donors (Lipinski definition) is 3. The molecule has 0 amide bonds. The van der Waals surface area contributed by atoms with Crippen molar-refractivity contribution >= 4 is 41.1 Å². The molecular weight excluding hydrogens is 237 g/mol. The average molecular weight is 246 g/mol. The standard InChI is InChI=1S/C8H9Cl2N5/c9-6-1-4(11)2-7(10)5(6)3-14-15-8(12)13/h1-3H,11H2,(H4,12,13,15). The monoisotopic (exact) mass is 245 g/mol. The third-order valence-electron chi connectivity index (χ3n) is 1.46. The first-order valence-corrected chi connectivity index (χ1v) is 4.63. The summed E-state index contributed by atoms with van der Waals surface area (Å²) in [4.78, 5) is 0. The lowest BCUT2D eigenvalue weighted by Crippen LogP contribution is -2.21. The van der Waals surface area contributed by atoms with Crippen molar-refractivity contribution in [3.8, 4) is 0 Å². The van der Waals surface area contributed by atoms with Crippen LogP contribution in [0.5, 0.6) is 0 Å². The summed E-state index contributed by atoms with van der Waals surface area (Å²) in [5, 5.41) is 7.78. The SMILES string of the molecule is NC(N)=NN=Cc1c(Cl)cc(N)cc1Cl. The molecule has 0 saturated carbocycles. The summed E-state index contributed by atoms with van der Waals surface area (Å²) in [6.07, 6.45) is 1.35. The Kier molecular flexibility index (Phi) is 3.76. The minimum absolute atomic E-state index is 0.145. The van der Waals surface area contributed by atoms with Crippen LogP contribution < -0.4 is 17.2 Å². The summed E-state index contributed by atoms with van der Waals surface area (Å²) in [5.74, 6) is -0.145. The van der Waals surface area contributed by atoms with Gasteiger partial charge in [0.25, 0.3) is 0 Å². The molecule has 0 aliphatic heterocycles. The van der Waals surface area contributed by atoms with E-state index in [-0.39, 0.29) is 5.96 Å². The molecule has 1 aromatic carbocycles. The van der Waals surface area contributed by atoms with Gasteiger partial charge in [-0.25, -0.2) is 0 Å². The molecule has 15 heavy (non-hydrogen) atoms. The molecule has 5 nitrogen and oxygen atoms in total. The van der Waals surface area contributed by atoms with Crippen molar-refractivity contribution in [1.82, 2.24) is 0 Å². The van der Waals surface area contributed by atoms with Crippen molar-refractivity contribution in [1.29, 1.82) is 0 Å². The maximum atomic E-state index is 5.88. The van der Waals surface area contributed by atoms with Gasteiger partial charge in [-0.05, 0) is 12.1 Å². The third-order valence-corrected chi connectivity index (χ3v) is 2.09. The van der Waals surface area contributed by atoms with Crippen LogP contribution in [-0.2, 0) is 0 Å². The molecule has 1 aromatic rings. The Bertz CT molecular complexity index is 400. The summed E-state index contributed by atoms with van der Waals surface area (Å²) in [7, 11) is 0. The zero-order chi connectivity index (χ0) is 11.4. The highest BCUT2D eigenvalue weighted by Gasteiger charge is 2.04.